The average Bonchev–Trinajstić information content (AvgIpc) is 2.86. The van der Waals surface area contributed by atoms with Crippen molar-refractivity contribution in [3.8, 4) is 0 Å². The lowest BCUT2D eigenvalue weighted by Crippen LogP contribution is -2.30. The third-order valence-electron chi connectivity index (χ3n) is 4.10. The van der Waals surface area contributed by atoms with Gasteiger partial charge in [0.15, 0.2) is 0 Å². The van der Waals surface area contributed by atoms with Gasteiger partial charge in [0, 0.05) is 11.6 Å². The van der Waals surface area contributed by atoms with Gasteiger partial charge in [-0.1, -0.05) is 12.2 Å². The fourth-order valence-electron chi connectivity index (χ4n) is 3.56. The molecule has 0 radical (unpaired) electrons. The zero-order chi connectivity index (χ0) is 10.4. The first kappa shape index (κ1) is 8.95. The Morgan fingerprint density at radius 3 is 3.27 bits per heavy atom. The van der Waals surface area contributed by atoms with E-state index in [0.717, 1.165) is 24.0 Å². The lowest BCUT2D eigenvalue weighted by atomic mass is 9.80. The summed E-state index contributed by atoms with van der Waals surface area (Å²) in [5.74, 6) is 2.87. The normalized spacial score (nSPS) is 43.6. The minimum Gasteiger partial charge on any atom is -0.350 e. The number of nitrogens with two attached hydrogens (primary N) is 1. The minimum absolute atomic E-state index is 0.561. The van der Waals surface area contributed by atoms with E-state index in [1.54, 1.807) is 0 Å². The predicted molar refractivity (Wildman–Crippen MR) is 57.1 cm³/mol. The summed E-state index contributed by atoms with van der Waals surface area (Å²) in [6, 6.07) is -0.566. The van der Waals surface area contributed by atoms with Gasteiger partial charge in [-0.05, 0) is 37.0 Å². The maximum Gasteiger partial charge on any atom is 0.332 e. The van der Waals surface area contributed by atoms with Crippen molar-refractivity contribution in [3.63, 3.8) is 0 Å². The lowest BCUT2D eigenvalue weighted by molar-refractivity contribution is 0.249. The van der Waals surface area contributed by atoms with Crippen LogP contribution in [0.25, 0.3) is 0 Å². The summed E-state index contributed by atoms with van der Waals surface area (Å²) in [5, 5.41) is 4.12. The van der Waals surface area contributed by atoms with E-state index in [2.05, 4.69) is 22.7 Å². The molecule has 0 saturated heterocycles. The van der Waals surface area contributed by atoms with Crippen molar-refractivity contribution in [2.24, 2.45) is 34.5 Å². The summed E-state index contributed by atoms with van der Waals surface area (Å²) < 4.78 is 0. The monoisotopic (exact) mass is 205 g/mol. The maximum atomic E-state index is 10.6. The molecule has 0 aromatic heterocycles. The van der Waals surface area contributed by atoms with Crippen LogP contribution in [0.2, 0.25) is 0 Å². The molecule has 80 valence electrons. The fourth-order valence-corrected chi connectivity index (χ4v) is 3.56. The Kier molecular flexibility index (Phi) is 1.84. The molecule has 2 saturated carbocycles. The van der Waals surface area contributed by atoms with Crippen molar-refractivity contribution in [1.82, 2.24) is 5.43 Å². The number of carbonyl (C=O) groups is 1. The van der Waals surface area contributed by atoms with Crippen LogP contribution in [-0.2, 0) is 0 Å². The molecule has 15 heavy (non-hydrogen) atoms. The van der Waals surface area contributed by atoms with Gasteiger partial charge < -0.3 is 5.73 Å². The molecular weight excluding hydrogens is 190 g/mol. The molecule has 3 N–H and O–H groups in total. The third kappa shape index (κ3) is 1.28. The number of allylic oxidation sites excluding steroid dienone is 2. The number of carbonyl (C=O) groups excluding carboxylic acids is 1. The Labute approximate surface area is 88.6 Å². The summed E-state index contributed by atoms with van der Waals surface area (Å²) in [4.78, 5) is 10.6. The van der Waals surface area contributed by atoms with Gasteiger partial charge in [0.2, 0.25) is 0 Å². The second kappa shape index (κ2) is 3.08. The van der Waals surface area contributed by atoms with Crippen LogP contribution < -0.4 is 11.2 Å². The molecule has 4 nitrogen and oxygen atoms in total. The smallest absolute Gasteiger partial charge is 0.332 e. The highest BCUT2D eigenvalue weighted by atomic mass is 16.2. The molecule has 4 atom stereocenters. The molecule has 0 aromatic rings. The highest BCUT2D eigenvalue weighted by molar-refractivity contribution is 5.91. The van der Waals surface area contributed by atoms with Gasteiger partial charge in [0.25, 0.3) is 0 Å². The molecule has 0 spiro atoms. The molecule has 0 aliphatic heterocycles. The number of amides is 2. The van der Waals surface area contributed by atoms with Crippen molar-refractivity contribution < 1.29 is 4.79 Å². The molecule has 2 fully saturated rings. The minimum atomic E-state index is -0.566. The van der Waals surface area contributed by atoms with Gasteiger partial charge in [0.1, 0.15) is 0 Å². The van der Waals surface area contributed by atoms with Crippen LogP contribution in [0.3, 0.4) is 0 Å². The van der Waals surface area contributed by atoms with E-state index >= 15 is 0 Å². The van der Waals surface area contributed by atoms with Crippen LogP contribution in [0.4, 0.5) is 4.79 Å². The number of hydrogen-bond acceptors (Lipinski definition) is 2. The van der Waals surface area contributed by atoms with Crippen LogP contribution >= 0.6 is 0 Å². The number of nitrogens with one attached hydrogen (secondary N) is 1. The number of fused-ring (bicyclic) bond motifs is 5. The number of rotatable bonds is 1. The van der Waals surface area contributed by atoms with Crippen molar-refractivity contribution in [1.29, 1.82) is 0 Å². The van der Waals surface area contributed by atoms with Crippen molar-refractivity contribution >= 4 is 11.7 Å². The number of primary amides is 1. The van der Waals surface area contributed by atoms with Gasteiger partial charge >= 0.3 is 6.03 Å². The van der Waals surface area contributed by atoms with Crippen LogP contribution in [-0.4, -0.2) is 11.7 Å². The van der Waals surface area contributed by atoms with Crippen LogP contribution in [0.15, 0.2) is 17.3 Å². The van der Waals surface area contributed by atoms with Gasteiger partial charge in [-0.15, -0.1) is 0 Å². The third-order valence-corrected chi connectivity index (χ3v) is 4.10. The van der Waals surface area contributed by atoms with E-state index in [1.165, 1.54) is 12.8 Å². The second-order valence-corrected chi connectivity index (χ2v) is 4.79. The first-order chi connectivity index (χ1) is 7.25. The maximum absolute atomic E-state index is 10.6. The van der Waals surface area contributed by atoms with Gasteiger partial charge in [-0.25, -0.2) is 10.2 Å². The molecule has 3 aliphatic rings. The van der Waals surface area contributed by atoms with Crippen molar-refractivity contribution in [3.05, 3.63) is 12.2 Å². The second-order valence-electron chi connectivity index (χ2n) is 4.79. The molecule has 2 bridgehead atoms. The van der Waals surface area contributed by atoms with Crippen molar-refractivity contribution in [2.75, 3.05) is 0 Å². The van der Waals surface area contributed by atoms with Crippen LogP contribution in [0.1, 0.15) is 19.3 Å². The molecule has 0 unspecified atom stereocenters. The van der Waals surface area contributed by atoms with E-state index in [9.17, 15) is 4.79 Å². The van der Waals surface area contributed by atoms with E-state index in [1.807, 2.05) is 0 Å². The number of urea groups is 1. The highest BCUT2D eigenvalue weighted by Crippen LogP contribution is 2.55. The largest absolute Gasteiger partial charge is 0.350 e. The summed E-state index contributed by atoms with van der Waals surface area (Å²) in [6.45, 7) is 0. The van der Waals surface area contributed by atoms with Gasteiger partial charge in [-0.3, -0.25) is 0 Å². The summed E-state index contributed by atoms with van der Waals surface area (Å²) in [5.41, 5.74) is 8.50. The summed E-state index contributed by atoms with van der Waals surface area (Å²) in [6.07, 6.45) is 8.16. The Hall–Kier alpha value is -1.32. The van der Waals surface area contributed by atoms with E-state index < -0.39 is 6.03 Å². The standard InChI is InChI=1S/C11H15N3O/c12-11(15)14-13-10-5-6-4-9(10)8-3-1-2-7(6)8/h1,3,6-9H,2,4-5H2,(H3,12,14,15)/b13-10-/t6-,7-,8+,9+/m1/s1. The molecule has 3 rings (SSSR count). The fraction of sp³-hybridized carbons (Fsp3) is 0.636. The lowest BCUT2D eigenvalue weighted by Gasteiger charge is -2.25. The molecular formula is C11H15N3O. The Balaban J connectivity index is 1.78. The SMILES string of the molecule is NC(=O)N/N=C1/C[C@H]2C[C@H]1[C@H]1C=CC[C@H]21. The topological polar surface area (TPSA) is 67.5 Å². The summed E-state index contributed by atoms with van der Waals surface area (Å²) in [7, 11) is 0. The van der Waals surface area contributed by atoms with Crippen LogP contribution in [0.5, 0.6) is 0 Å². The zero-order valence-electron chi connectivity index (χ0n) is 8.52. The number of hydrazone groups is 1. The van der Waals surface area contributed by atoms with Gasteiger partial charge in [0.05, 0.1) is 0 Å². The first-order valence-corrected chi connectivity index (χ1v) is 5.54. The quantitative estimate of drug-likeness (QED) is 0.491. The highest BCUT2D eigenvalue weighted by Gasteiger charge is 2.50. The molecule has 4 heteroatoms. The Morgan fingerprint density at radius 2 is 2.47 bits per heavy atom. The molecule has 0 aromatic carbocycles. The molecule has 3 aliphatic carbocycles. The first-order valence-electron chi connectivity index (χ1n) is 5.54. The van der Waals surface area contributed by atoms with E-state index in [-0.39, 0.29) is 0 Å². The number of hydrogen-bond donors (Lipinski definition) is 2. The predicted octanol–water partition coefficient (Wildman–Crippen LogP) is 1.24. The average molecular weight is 205 g/mol. The zero-order valence-corrected chi connectivity index (χ0v) is 8.52. The molecule has 0 heterocycles. The van der Waals surface area contributed by atoms with E-state index in [4.69, 9.17) is 5.73 Å². The number of nitrogens with zero attached hydrogens (tertiary/aromatic N) is 1. The molecule has 2 amide bonds. The Morgan fingerprint density at radius 1 is 1.60 bits per heavy atom. The van der Waals surface area contributed by atoms with E-state index in [0.29, 0.717) is 11.8 Å². The van der Waals surface area contributed by atoms with Crippen LogP contribution in [0, 0.1) is 23.7 Å². The summed E-state index contributed by atoms with van der Waals surface area (Å²) >= 11 is 0. The van der Waals surface area contributed by atoms with Crippen molar-refractivity contribution in [2.45, 2.75) is 19.3 Å². The Bertz CT molecular complexity index is 361. The van der Waals surface area contributed by atoms with Gasteiger partial charge in [-0.2, -0.15) is 5.10 Å².